The summed E-state index contributed by atoms with van der Waals surface area (Å²) in [6.45, 7) is 7.55. The van der Waals surface area contributed by atoms with Crippen molar-refractivity contribution >= 4 is 23.7 Å². The quantitative estimate of drug-likeness (QED) is 0.642. The Hall–Kier alpha value is -3.12. The van der Waals surface area contributed by atoms with E-state index in [0.717, 1.165) is 48.6 Å². The van der Waals surface area contributed by atoms with Gasteiger partial charge < -0.3 is 15.0 Å². The number of aryl methyl sites for hydroxylation is 2. The molecule has 1 N–H and O–H groups in total. The Morgan fingerprint density at radius 3 is 2.59 bits per heavy atom. The van der Waals surface area contributed by atoms with Gasteiger partial charge in [-0.2, -0.15) is 0 Å². The van der Waals surface area contributed by atoms with Crippen molar-refractivity contribution in [3.05, 3.63) is 70.4 Å². The van der Waals surface area contributed by atoms with Crippen LogP contribution >= 0.6 is 0 Å². The molecule has 0 aromatic heterocycles. The summed E-state index contributed by atoms with van der Waals surface area (Å²) in [6, 6.07) is 13.5. The zero-order valence-electron chi connectivity index (χ0n) is 16.8. The number of benzene rings is 2. The third kappa shape index (κ3) is 4.17. The van der Waals surface area contributed by atoms with Gasteiger partial charge in [0.2, 0.25) is 0 Å². The molecule has 0 unspecified atom stereocenters. The van der Waals surface area contributed by atoms with Crippen LogP contribution in [0.25, 0.3) is 6.08 Å². The molecule has 2 aliphatic heterocycles. The number of morpholine rings is 1. The van der Waals surface area contributed by atoms with Gasteiger partial charge in [0.15, 0.2) is 0 Å². The summed E-state index contributed by atoms with van der Waals surface area (Å²) in [4.78, 5) is 28.7. The monoisotopic (exact) mass is 391 g/mol. The first kappa shape index (κ1) is 19.2. The highest BCUT2D eigenvalue weighted by atomic mass is 16.5. The number of carbonyl (C=O) groups excluding carboxylic acids is 2. The number of rotatable bonds is 4. The molecular formula is C23H25N3O3. The highest BCUT2D eigenvalue weighted by Gasteiger charge is 2.33. The molecule has 2 aromatic rings. The van der Waals surface area contributed by atoms with E-state index in [4.69, 9.17) is 4.74 Å². The predicted octanol–water partition coefficient (Wildman–Crippen LogP) is 3.23. The predicted molar refractivity (Wildman–Crippen MR) is 112 cm³/mol. The number of anilines is 1. The fraction of sp³-hybridized carbons (Fsp3) is 0.304. The number of imide groups is 1. The Bertz CT molecular complexity index is 977. The van der Waals surface area contributed by atoms with E-state index in [0.29, 0.717) is 5.70 Å². The largest absolute Gasteiger partial charge is 0.378 e. The third-order valence-corrected chi connectivity index (χ3v) is 5.27. The third-order valence-electron chi connectivity index (χ3n) is 5.27. The normalized spacial score (nSPS) is 18.5. The minimum atomic E-state index is -0.385. The average molecular weight is 391 g/mol. The number of carbonyl (C=O) groups is 2. The molecule has 0 saturated carbocycles. The topological polar surface area (TPSA) is 61.9 Å². The van der Waals surface area contributed by atoms with Crippen LogP contribution < -0.4 is 10.2 Å². The van der Waals surface area contributed by atoms with E-state index >= 15 is 0 Å². The molecule has 2 fully saturated rings. The van der Waals surface area contributed by atoms with Gasteiger partial charge in [-0.05, 0) is 48.7 Å². The van der Waals surface area contributed by atoms with Crippen molar-refractivity contribution in [2.75, 3.05) is 31.2 Å². The molecule has 0 atom stereocenters. The lowest BCUT2D eigenvalue weighted by Gasteiger charge is -2.30. The molecule has 4 rings (SSSR count). The molecule has 6 heteroatoms. The lowest BCUT2D eigenvalue weighted by molar-refractivity contribution is -0.123. The Kier molecular flexibility index (Phi) is 5.36. The van der Waals surface area contributed by atoms with E-state index in [2.05, 4.69) is 23.2 Å². The van der Waals surface area contributed by atoms with Crippen LogP contribution in [0.5, 0.6) is 0 Å². The Morgan fingerprint density at radius 2 is 1.86 bits per heavy atom. The van der Waals surface area contributed by atoms with Crippen LogP contribution in [0.3, 0.4) is 0 Å². The Morgan fingerprint density at radius 1 is 1.07 bits per heavy atom. The van der Waals surface area contributed by atoms with Crippen molar-refractivity contribution < 1.29 is 14.3 Å². The minimum absolute atomic E-state index is 0.263. The van der Waals surface area contributed by atoms with Crippen molar-refractivity contribution in [2.24, 2.45) is 0 Å². The smallest absolute Gasteiger partial charge is 0.329 e. The number of hydrogen-bond donors (Lipinski definition) is 1. The van der Waals surface area contributed by atoms with E-state index < -0.39 is 0 Å². The summed E-state index contributed by atoms with van der Waals surface area (Å²) in [5.41, 5.74) is 5.54. The van der Waals surface area contributed by atoms with Gasteiger partial charge in [0.25, 0.3) is 5.91 Å². The van der Waals surface area contributed by atoms with E-state index in [1.807, 2.05) is 43.3 Å². The summed E-state index contributed by atoms with van der Waals surface area (Å²) < 4.78 is 5.42. The Balaban J connectivity index is 1.51. The van der Waals surface area contributed by atoms with Gasteiger partial charge in [0.05, 0.1) is 19.8 Å². The van der Waals surface area contributed by atoms with Gasteiger partial charge in [-0.1, -0.05) is 35.9 Å². The highest BCUT2D eigenvalue weighted by molar-refractivity contribution is 6.13. The van der Waals surface area contributed by atoms with E-state index in [-0.39, 0.29) is 18.5 Å². The molecule has 150 valence electrons. The number of urea groups is 1. The van der Waals surface area contributed by atoms with Gasteiger partial charge in [0, 0.05) is 18.8 Å². The molecule has 0 aliphatic carbocycles. The zero-order chi connectivity index (χ0) is 20.4. The number of ether oxygens (including phenoxy) is 1. The molecule has 0 radical (unpaired) electrons. The maximum Gasteiger partial charge on any atom is 0.329 e. The first-order valence-electron chi connectivity index (χ1n) is 9.85. The average Bonchev–Trinajstić information content (AvgIpc) is 2.96. The molecule has 2 aliphatic rings. The van der Waals surface area contributed by atoms with Crippen LogP contribution in [0.15, 0.2) is 48.2 Å². The number of hydrogen-bond acceptors (Lipinski definition) is 4. The van der Waals surface area contributed by atoms with Gasteiger partial charge in [-0.3, -0.25) is 9.69 Å². The first-order valence-corrected chi connectivity index (χ1v) is 9.85. The molecule has 6 nitrogen and oxygen atoms in total. The van der Waals surface area contributed by atoms with E-state index in [1.165, 1.54) is 10.6 Å². The molecule has 0 spiro atoms. The molecular weight excluding hydrogens is 366 g/mol. The molecule has 3 amide bonds. The SMILES string of the molecule is Cc1cccc(CN2C(=O)N/C(=C/c3ccc(N4CCOCC4)c(C)c3)C2=O)c1. The van der Waals surface area contributed by atoms with Gasteiger partial charge in [0.1, 0.15) is 5.70 Å². The second-order valence-corrected chi connectivity index (χ2v) is 7.51. The van der Waals surface area contributed by atoms with E-state index in [9.17, 15) is 9.59 Å². The highest BCUT2D eigenvalue weighted by Crippen LogP contribution is 2.24. The van der Waals surface area contributed by atoms with Gasteiger partial charge >= 0.3 is 6.03 Å². The van der Waals surface area contributed by atoms with Crippen molar-refractivity contribution in [3.8, 4) is 0 Å². The standard InChI is InChI=1S/C23H25N3O3/c1-16-4-3-5-19(12-16)15-26-22(27)20(24-23(26)28)14-18-6-7-21(17(2)13-18)25-8-10-29-11-9-25/h3-7,12-14H,8-11,15H2,1-2H3,(H,24,28)/b20-14+. The van der Waals surface area contributed by atoms with Crippen LogP contribution in [0, 0.1) is 13.8 Å². The lowest BCUT2D eigenvalue weighted by atomic mass is 10.1. The van der Waals surface area contributed by atoms with Crippen LogP contribution in [0.1, 0.15) is 22.3 Å². The van der Waals surface area contributed by atoms with Gasteiger partial charge in [-0.15, -0.1) is 0 Å². The van der Waals surface area contributed by atoms with Crippen molar-refractivity contribution in [3.63, 3.8) is 0 Å². The summed E-state index contributed by atoms with van der Waals surface area (Å²) in [5, 5.41) is 2.71. The van der Waals surface area contributed by atoms with E-state index in [1.54, 1.807) is 6.08 Å². The van der Waals surface area contributed by atoms with Crippen molar-refractivity contribution in [2.45, 2.75) is 20.4 Å². The summed E-state index contributed by atoms with van der Waals surface area (Å²) >= 11 is 0. The lowest BCUT2D eigenvalue weighted by Crippen LogP contribution is -2.36. The van der Waals surface area contributed by atoms with Crippen LogP contribution in [-0.4, -0.2) is 43.1 Å². The maximum absolute atomic E-state index is 12.8. The summed E-state index contributed by atoms with van der Waals surface area (Å²) in [5.74, 6) is -0.300. The van der Waals surface area contributed by atoms with Crippen molar-refractivity contribution in [1.29, 1.82) is 0 Å². The fourth-order valence-electron chi connectivity index (χ4n) is 3.80. The maximum atomic E-state index is 12.8. The van der Waals surface area contributed by atoms with Gasteiger partial charge in [-0.25, -0.2) is 4.79 Å². The molecule has 2 heterocycles. The molecule has 2 saturated heterocycles. The molecule has 0 bridgehead atoms. The minimum Gasteiger partial charge on any atom is -0.378 e. The second kappa shape index (κ2) is 8.09. The van der Waals surface area contributed by atoms with Crippen LogP contribution in [0.4, 0.5) is 10.5 Å². The summed E-state index contributed by atoms with van der Waals surface area (Å²) in [6.07, 6.45) is 1.74. The number of nitrogens with one attached hydrogen (secondary N) is 1. The zero-order valence-corrected chi connectivity index (χ0v) is 16.8. The summed E-state index contributed by atoms with van der Waals surface area (Å²) in [7, 11) is 0. The number of amides is 3. The van der Waals surface area contributed by atoms with Crippen LogP contribution in [0.2, 0.25) is 0 Å². The van der Waals surface area contributed by atoms with Crippen molar-refractivity contribution in [1.82, 2.24) is 10.2 Å². The first-order chi connectivity index (χ1) is 14.0. The molecule has 29 heavy (non-hydrogen) atoms. The molecule has 2 aromatic carbocycles. The van der Waals surface area contributed by atoms with Crippen LogP contribution in [-0.2, 0) is 16.1 Å². The number of nitrogens with zero attached hydrogens (tertiary/aromatic N) is 2. The second-order valence-electron chi connectivity index (χ2n) is 7.51. The fourth-order valence-corrected chi connectivity index (χ4v) is 3.80. The Labute approximate surface area is 170 Å².